The fourth-order valence-corrected chi connectivity index (χ4v) is 2.08. The Morgan fingerprint density at radius 3 is 2.50 bits per heavy atom. The zero-order chi connectivity index (χ0) is 15.7. The fourth-order valence-electron chi connectivity index (χ4n) is 2.08. The molecule has 22 heavy (non-hydrogen) atoms. The van der Waals surface area contributed by atoms with Gasteiger partial charge in [-0.15, -0.1) is 5.10 Å². The lowest BCUT2D eigenvalue weighted by molar-refractivity contribution is -0.144. The molecule has 0 saturated heterocycles. The molecule has 1 aromatic heterocycles. The van der Waals surface area contributed by atoms with E-state index in [-0.39, 0.29) is 5.82 Å². The molecule has 0 aliphatic carbocycles. The Bertz CT molecular complexity index is 798. The van der Waals surface area contributed by atoms with Crippen LogP contribution in [0.15, 0.2) is 42.5 Å². The second-order valence-electron chi connectivity index (χ2n) is 4.81. The third-order valence-electron chi connectivity index (χ3n) is 3.18. The van der Waals surface area contributed by atoms with Crippen LogP contribution in [0, 0.1) is 0 Å². The van der Waals surface area contributed by atoms with Crippen LogP contribution in [-0.2, 0) is 6.18 Å². The van der Waals surface area contributed by atoms with E-state index in [0.717, 1.165) is 10.8 Å². The lowest BCUT2D eigenvalue weighted by Gasteiger charge is -2.12. The summed E-state index contributed by atoms with van der Waals surface area (Å²) in [5.74, 6) is -0.617. The summed E-state index contributed by atoms with van der Waals surface area (Å²) in [6, 6.07) is 13.2. The molecule has 0 radical (unpaired) electrons. The highest BCUT2D eigenvalue weighted by Crippen LogP contribution is 2.28. The van der Waals surface area contributed by atoms with Gasteiger partial charge in [-0.2, -0.15) is 13.2 Å². The van der Waals surface area contributed by atoms with Gasteiger partial charge in [-0.3, -0.25) is 5.10 Å². The maximum absolute atomic E-state index is 12.5. The molecule has 1 atom stereocenters. The number of fused-ring (bicyclic) bond motifs is 1. The smallest absolute Gasteiger partial charge is 0.453 e. The van der Waals surface area contributed by atoms with Crippen LogP contribution < -0.4 is 4.74 Å². The first-order valence-corrected chi connectivity index (χ1v) is 6.58. The van der Waals surface area contributed by atoms with E-state index in [0.29, 0.717) is 5.75 Å². The molecular weight excluding hydrogens is 295 g/mol. The van der Waals surface area contributed by atoms with Gasteiger partial charge in [-0.05, 0) is 29.8 Å². The Balaban J connectivity index is 1.80. The lowest BCUT2D eigenvalue weighted by atomic mass is 10.1. The molecule has 1 heterocycles. The van der Waals surface area contributed by atoms with Crippen molar-refractivity contribution < 1.29 is 17.9 Å². The van der Waals surface area contributed by atoms with Crippen molar-refractivity contribution in [3.63, 3.8) is 0 Å². The van der Waals surface area contributed by atoms with Gasteiger partial charge in [0.15, 0.2) is 11.9 Å². The quantitative estimate of drug-likeness (QED) is 0.792. The molecule has 1 N–H and O–H groups in total. The summed E-state index contributed by atoms with van der Waals surface area (Å²) in [5, 5.41) is 7.47. The predicted molar refractivity (Wildman–Crippen MR) is 74.4 cm³/mol. The van der Waals surface area contributed by atoms with Crippen LogP contribution in [-0.4, -0.2) is 15.2 Å². The van der Waals surface area contributed by atoms with Crippen LogP contribution in [0.1, 0.15) is 24.7 Å². The summed E-state index contributed by atoms with van der Waals surface area (Å²) in [6.07, 6.45) is -5.25. The van der Waals surface area contributed by atoms with Gasteiger partial charge in [-0.25, -0.2) is 4.98 Å². The number of benzene rings is 2. The van der Waals surface area contributed by atoms with Gasteiger partial charge in [0.2, 0.25) is 0 Å². The van der Waals surface area contributed by atoms with Crippen LogP contribution in [0.4, 0.5) is 13.2 Å². The number of ether oxygens (including phenoxy) is 1. The van der Waals surface area contributed by atoms with Crippen molar-refractivity contribution in [3.8, 4) is 5.75 Å². The maximum Gasteiger partial charge on any atom is 0.453 e. The number of H-pyrrole nitrogens is 1. The average molecular weight is 307 g/mol. The largest absolute Gasteiger partial charge is 0.483 e. The van der Waals surface area contributed by atoms with Crippen molar-refractivity contribution in [1.82, 2.24) is 15.2 Å². The molecule has 0 aliphatic rings. The molecule has 0 spiro atoms. The van der Waals surface area contributed by atoms with Gasteiger partial charge >= 0.3 is 6.18 Å². The van der Waals surface area contributed by atoms with Crippen LogP contribution >= 0.6 is 0 Å². The molecular formula is C15H12F3N3O. The Kier molecular flexibility index (Phi) is 3.48. The van der Waals surface area contributed by atoms with Crippen molar-refractivity contribution in [2.45, 2.75) is 19.2 Å². The highest BCUT2D eigenvalue weighted by atomic mass is 19.4. The van der Waals surface area contributed by atoms with Crippen molar-refractivity contribution in [3.05, 3.63) is 54.1 Å². The number of hydrogen-bond acceptors (Lipinski definition) is 3. The number of aromatic amines is 1. The molecule has 3 rings (SSSR count). The highest BCUT2D eigenvalue weighted by Gasteiger charge is 2.36. The molecule has 1 unspecified atom stereocenters. The number of alkyl halides is 3. The highest BCUT2D eigenvalue weighted by molar-refractivity contribution is 5.83. The number of aromatic nitrogens is 3. The van der Waals surface area contributed by atoms with E-state index in [1.807, 2.05) is 36.4 Å². The van der Waals surface area contributed by atoms with E-state index in [1.54, 1.807) is 13.0 Å². The Hall–Kier alpha value is -2.57. The summed E-state index contributed by atoms with van der Waals surface area (Å²) >= 11 is 0. The molecule has 114 valence electrons. The van der Waals surface area contributed by atoms with E-state index < -0.39 is 18.1 Å². The van der Waals surface area contributed by atoms with E-state index in [9.17, 15) is 13.2 Å². The maximum atomic E-state index is 12.5. The summed E-state index contributed by atoms with van der Waals surface area (Å²) in [4.78, 5) is 3.42. The van der Waals surface area contributed by atoms with Gasteiger partial charge in [0.1, 0.15) is 5.75 Å². The summed E-state index contributed by atoms with van der Waals surface area (Å²) < 4.78 is 43.1. The third kappa shape index (κ3) is 2.88. The Morgan fingerprint density at radius 1 is 1.09 bits per heavy atom. The van der Waals surface area contributed by atoms with E-state index in [1.165, 1.54) is 0 Å². The number of halogens is 3. The Labute approximate surface area is 123 Å². The van der Waals surface area contributed by atoms with Crippen molar-refractivity contribution >= 4 is 10.8 Å². The molecule has 0 aliphatic heterocycles. The first-order valence-electron chi connectivity index (χ1n) is 6.58. The SMILES string of the molecule is CC(Oc1ccc2ccccc2c1)c1nc(C(F)(F)F)n[nH]1. The van der Waals surface area contributed by atoms with Gasteiger partial charge in [-0.1, -0.05) is 30.3 Å². The van der Waals surface area contributed by atoms with Crippen LogP contribution in [0.3, 0.4) is 0 Å². The second kappa shape index (κ2) is 5.32. The Morgan fingerprint density at radius 2 is 1.82 bits per heavy atom. The van der Waals surface area contributed by atoms with Crippen LogP contribution in [0.25, 0.3) is 10.8 Å². The van der Waals surface area contributed by atoms with Gasteiger partial charge in [0.25, 0.3) is 5.82 Å². The zero-order valence-corrected chi connectivity index (χ0v) is 11.6. The van der Waals surface area contributed by atoms with E-state index >= 15 is 0 Å². The lowest BCUT2D eigenvalue weighted by Crippen LogP contribution is -2.09. The van der Waals surface area contributed by atoms with Crippen molar-refractivity contribution in [1.29, 1.82) is 0 Å². The molecule has 2 aromatic carbocycles. The minimum atomic E-state index is -4.57. The topological polar surface area (TPSA) is 50.8 Å². The van der Waals surface area contributed by atoms with Crippen LogP contribution in [0.2, 0.25) is 0 Å². The van der Waals surface area contributed by atoms with E-state index in [2.05, 4.69) is 15.2 Å². The fraction of sp³-hybridized carbons (Fsp3) is 0.200. The number of hydrogen-bond donors (Lipinski definition) is 1. The number of nitrogens with zero attached hydrogens (tertiary/aromatic N) is 2. The second-order valence-corrected chi connectivity index (χ2v) is 4.81. The van der Waals surface area contributed by atoms with Gasteiger partial charge in [0.05, 0.1) is 0 Å². The molecule has 4 nitrogen and oxygen atoms in total. The minimum Gasteiger partial charge on any atom is -0.483 e. The zero-order valence-electron chi connectivity index (χ0n) is 11.6. The van der Waals surface area contributed by atoms with Gasteiger partial charge < -0.3 is 4.74 Å². The first-order chi connectivity index (χ1) is 10.4. The predicted octanol–water partition coefficient (Wildman–Crippen LogP) is 4.12. The standard InChI is InChI=1S/C15H12F3N3O/c1-9(13-19-14(21-20-13)15(16,17)18)22-12-7-6-10-4-2-3-5-11(10)8-12/h2-9H,1H3,(H,19,20,21). The molecule has 7 heteroatoms. The molecule has 3 aromatic rings. The van der Waals surface area contributed by atoms with E-state index in [4.69, 9.17) is 4.74 Å². The summed E-state index contributed by atoms with van der Waals surface area (Å²) in [7, 11) is 0. The molecule has 0 amide bonds. The van der Waals surface area contributed by atoms with Crippen LogP contribution in [0.5, 0.6) is 5.75 Å². The summed E-state index contributed by atoms with van der Waals surface area (Å²) in [5.41, 5.74) is 0. The monoisotopic (exact) mass is 307 g/mol. The summed E-state index contributed by atoms with van der Waals surface area (Å²) in [6.45, 7) is 1.61. The van der Waals surface area contributed by atoms with Crippen molar-refractivity contribution in [2.24, 2.45) is 0 Å². The first kappa shape index (κ1) is 14.4. The minimum absolute atomic E-state index is 0.0282. The van der Waals surface area contributed by atoms with Gasteiger partial charge in [0, 0.05) is 0 Å². The molecule has 0 fully saturated rings. The number of nitrogens with one attached hydrogen (secondary N) is 1. The third-order valence-corrected chi connectivity index (χ3v) is 3.18. The average Bonchev–Trinajstić information content (AvgIpc) is 2.97. The molecule has 0 bridgehead atoms. The normalized spacial score (nSPS) is 13.3. The van der Waals surface area contributed by atoms with Crippen molar-refractivity contribution in [2.75, 3.05) is 0 Å². The number of rotatable bonds is 3. The molecule has 0 saturated carbocycles.